The molecule has 0 bridgehead atoms. The molecule has 0 amide bonds. The molecule has 0 aromatic heterocycles. The van der Waals surface area contributed by atoms with Crippen LogP contribution in [0, 0.1) is 11.3 Å². The molecule has 1 saturated heterocycles. The topological polar surface area (TPSA) is 45.0 Å². The third-order valence-corrected chi connectivity index (χ3v) is 3.58. The van der Waals surface area contributed by atoms with Crippen LogP contribution in [0.25, 0.3) is 10.8 Å². The Hall–Kier alpha value is -2.05. The minimum absolute atomic E-state index is 0.276. The van der Waals surface area contributed by atoms with E-state index in [0.29, 0.717) is 5.56 Å². The molecule has 1 aliphatic rings. The Morgan fingerprint density at radius 2 is 1.79 bits per heavy atom. The summed E-state index contributed by atoms with van der Waals surface area (Å²) in [5.41, 5.74) is 0.702. The normalized spacial score (nSPS) is 16.2. The van der Waals surface area contributed by atoms with Crippen molar-refractivity contribution in [3.8, 4) is 11.8 Å². The SMILES string of the molecule is N#Cc1ccc(OC2CCNCC2)c2ccccc12. The summed E-state index contributed by atoms with van der Waals surface area (Å²) in [6, 6.07) is 13.9. The van der Waals surface area contributed by atoms with E-state index in [1.54, 1.807) is 0 Å². The van der Waals surface area contributed by atoms with Crippen molar-refractivity contribution in [1.82, 2.24) is 5.32 Å². The maximum Gasteiger partial charge on any atom is 0.127 e. The molecule has 3 nitrogen and oxygen atoms in total. The lowest BCUT2D eigenvalue weighted by Gasteiger charge is -2.24. The fourth-order valence-corrected chi connectivity index (χ4v) is 2.56. The molecule has 1 aliphatic heterocycles. The van der Waals surface area contributed by atoms with Crippen LogP contribution < -0.4 is 10.1 Å². The number of hydrogen-bond acceptors (Lipinski definition) is 3. The van der Waals surface area contributed by atoms with E-state index >= 15 is 0 Å². The minimum Gasteiger partial charge on any atom is -0.490 e. The summed E-state index contributed by atoms with van der Waals surface area (Å²) in [6.45, 7) is 2.03. The second-order valence-electron chi connectivity index (χ2n) is 4.84. The number of rotatable bonds is 2. The van der Waals surface area contributed by atoms with Crippen LogP contribution in [0.1, 0.15) is 18.4 Å². The zero-order valence-electron chi connectivity index (χ0n) is 10.7. The van der Waals surface area contributed by atoms with Gasteiger partial charge in [0.1, 0.15) is 11.9 Å². The fraction of sp³-hybridized carbons (Fsp3) is 0.312. The third kappa shape index (κ3) is 2.40. The average molecular weight is 252 g/mol. The molecule has 1 heterocycles. The van der Waals surface area contributed by atoms with E-state index in [0.717, 1.165) is 42.5 Å². The van der Waals surface area contributed by atoms with Crippen molar-refractivity contribution >= 4 is 10.8 Å². The molecule has 0 aliphatic carbocycles. The van der Waals surface area contributed by atoms with E-state index in [-0.39, 0.29) is 6.10 Å². The van der Waals surface area contributed by atoms with E-state index in [2.05, 4.69) is 11.4 Å². The van der Waals surface area contributed by atoms with Crippen LogP contribution in [0.15, 0.2) is 36.4 Å². The number of nitrogens with one attached hydrogen (secondary N) is 1. The number of nitriles is 1. The van der Waals surface area contributed by atoms with Crippen LogP contribution in [-0.4, -0.2) is 19.2 Å². The third-order valence-electron chi connectivity index (χ3n) is 3.58. The first-order chi connectivity index (χ1) is 9.38. The van der Waals surface area contributed by atoms with Gasteiger partial charge in [0.05, 0.1) is 11.6 Å². The van der Waals surface area contributed by atoms with Gasteiger partial charge < -0.3 is 10.1 Å². The fourth-order valence-electron chi connectivity index (χ4n) is 2.56. The molecular formula is C16H16N2O. The van der Waals surface area contributed by atoms with Gasteiger partial charge in [0, 0.05) is 10.8 Å². The highest BCUT2D eigenvalue weighted by Crippen LogP contribution is 2.29. The number of piperidine rings is 1. The molecule has 3 rings (SSSR count). The largest absolute Gasteiger partial charge is 0.490 e. The average Bonchev–Trinajstić information content (AvgIpc) is 2.49. The smallest absolute Gasteiger partial charge is 0.127 e. The van der Waals surface area contributed by atoms with Gasteiger partial charge in [-0.3, -0.25) is 0 Å². The van der Waals surface area contributed by atoms with Gasteiger partial charge in [0.15, 0.2) is 0 Å². The van der Waals surface area contributed by atoms with Crippen molar-refractivity contribution < 1.29 is 4.74 Å². The molecule has 0 unspecified atom stereocenters. The van der Waals surface area contributed by atoms with Crippen LogP contribution in [0.5, 0.6) is 5.75 Å². The van der Waals surface area contributed by atoms with Gasteiger partial charge in [0.2, 0.25) is 0 Å². The van der Waals surface area contributed by atoms with E-state index in [9.17, 15) is 0 Å². The Labute approximate surface area is 112 Å². The summed E-state index contributed by atoms with van der Waals surface area (Å²) in [4.78, 5) is 0. The molecule has 1 N–H and O–H groups in total. The lowest BCUT2D eigenvalue weighted by Crippen LogP contribution is -2.34. The summed E-state index contributed by atoms with van der Waals surface area (Å²) < 4.78 is 6.12. The molecule has 19 heavy (non-hydrogen) atoms. The molecular weight excluding hydrogens is 236 g/mol. The zero-order valence-corrected chi connectivity index (χ0v) is 10.7. The van der Waals surface area contributed by atoms with Gasteiger partial charge in [-0.15, -0.1) is 0 Å². The van der Waals surface area contributed by atoms with Crippen molar-refractivity contribution in [2.75, 3.05) is 13.1 Å². The van der Waals surface area contributed by atoms with Crippen LogP contribution in [-0.2, 0) is 0 Å². The van der Waals surface area contributed by atoms with Crippen LogP contribution in [0.2, 0.25) is 0 Å². The highest BCUT2D eigenvalue weighted by atomic mass is 16.5. The number of ether oxygens (including phenoxy) is 1. The first-order valence-electron chi connectivity index (χ1n) is 6.68. The maximum absolute atomic E-state index is 9.15. The summed E-state index contributed by atoms with van der Waals surface area (Å²) in [7, 11) is 0. The molecule has 0 radical (unpaired) electrons. The molecule has 0 spiro atoms. The number of hydrogen-bond donors (Lipinski definition) is 1. The predicted molar refractivity (Wildman–Crippen MR) is 75.2 cm³/mol. The first kappa shape index (κ1) is 12.0. The minimum atomic E-state index is 0.276. The Balaban J connectivity index is 1.97. The van der Waals surface area contributed by atoms with Gasteiger partial charge in [0.25, 0.3) is 0 Å². The van der Waals surface area contributed by atoms with Gasteiger partial charge in [-0.1, -0.05) is 24.3 Å². The monoisotopic (exact) mass is 252 g/mol. The van der Waals surface area contributed by atoms with Gasteiger partial charge >= 0.3 is 0 Å². The summed E-state index contributed by atoms with van der Waals surface area (Å²) in [5.74, 6) is 0.890. The van der Waals surface area contributed by atoms with Crippen molar-refractivity contribution in [3.63, 3.8) is 0 Å². The van der Waals surface area contributed by atoms with Crippen LogP contribution in [0.4, 0.5) is 0 Å². The number of fused-ring (bicyclic) bond motifs is 1. The summed E-state index contributed by atoms with van der Waals surface area (Å²) in [6.07, 6.45) is 2.35. The van der Waals surface area contributed by atoms with Gasteiger partial charge in [-0.25, -0.2) is 0 Å². The lowest BCUT2D eigenvalue weighted by molar-refractivity contribution is 0.164. The maximum atomic E-state index is 9.15. The molecule has 0 saturated carbocycles. The van der Waals surface area contributed by atoms with Gasteiger partial charge in [-0.05, 0) is 38.1 Å². The van der Waals surface area contributed by atoms with E-state index in [1.165, 1.54) is 0 Å². The molecule has 3 heteroatoms. The van der Waals surface area contributed by atoms with Crippen LogP contribution >= 0.6 is 0 Å². The van der Waals surface area contributed by atoms with Crippen molar-refractivity contribution in [2.45, 2.75) is 18.9 Å². The van der Waals surface area contributed by atoms with E-state index in [4.69, 9.17) is 10.00 Å². The second kappa shape index (κ2) is 5.29. The molecule has 0 atom stereocenters. The first-order valence-corrected chi connectivity index (χ1v) is 6.68. The van der Waals surface area contributed by atoms with E-state index < -0.39 is 0 Å². The van der Waals surface area contributed by atoms with E-state index in [1.807, 2.05) is 36.4 Å². The molecule has 1 fully saturated rings. The Bertz CT molecular complexity index is 624. The summed E-state index contributed by atoms with van der Waals surface area (Å²) >= 11 is 0. The quantitative estimate of drug-likeness (QED) is 0.894. The molecule has 2 aromatic carbocycles. The van der Waals surface area contributed by atoms with Crippen LogP contribution in [0.3, 0.4) is 0 Å². The second-order valence-corrected chi connectivity index (χ2v) is 4.84. The Morgan fingerprint density at radius 3 is 2.53 bits per heavy atom. The lowest BCUT2D eigenvalue weighted by atomic mass is 10.0. The number of benzene rings is 2. The molecule has 2 aromatic rings. The predicted octanol–water partition coefficient (Wildman–Crippen LogP) is 2.84. The highest BCUT2D eigenvalue weighted by molar-refractivity contribution is 5.92. The summed E-state index contributed by atoms with van der Waals surface area (Å²) in [5, 5.41) is 14.5. The Kier molecular flexibility index (Phi) is 3.35. The van der Waals surface area contributed by atoms with Crippen molar-refractivity contribution in [1.29, 1.82) is 5.26 Å². The highest BCUT2D eigenvalue weighted by Gasteiger charge is 2.16. The zero-order chi connectivity index (χ0) is 13.1. The van der Waals surface area contributed by atoms with Crippen molar-refractivity contribution in [3.05, 3.63) is 42.0 Å². The standard InChI is InChI=1S/C16H16N2O/c17-11-12-5-6-16(15-4-2-1-3-14(12)15)19-13-7-9-18-10-8-13/h1-6,13,18H,7-10H2. The van der Waals surface area contributed by atoms with Crippen molar-refractivity contribution in [2.24, 2.45) is 0 Å². The Morgan fingerprint density at radius 1 is 1.05 bits per heavy atom. The molecule has 96 valence electrons. The number of nitrogens with zero attached hydrogens (tertiary/aromatic N) is 1. The van der Waals surface area contributed by atoms with Gasteiger partial charge in [-0.2, -0.15) is 5.26 Å².